The van der Waals surface area contributed by atoms with Crippen LogP contribution in [-0.4, -0.2) is 15.6 Å². The Hall–Kier alpha value is -3.34. The number of benzene rings is 2. The summed E-state index contributed by atoms with van der Waals surface area (Å²) in [6.07, 6.45) is 1.69. The number of aromatic nitrogens is 1. The van der Waals surface area contributed by atoms with E-state index in [4.69, 9.17) is 4.74 Å². The summed E-state index contributed by atoms with van der Waals surface area (Å²) in [5.41, 5.74) is 0.0253. The van der Waals surface area contributed by atoms with Gasteiger partial charge in [0, 0.05) is 18.7 Å². The summed E-state index contributed by atoms with van der Waals surface area (Å²) in [7, 11) is 0. The third-order valence-corrected chi connectivity index (χ3v) is 4.52. The van der Waals surface area contributed by atoms with Crippen molar-refractivity contribution in [2.75, 3.05) is 0 Å². The Balaban J connectivity index is 1.84. The van der Waals surface area contributed by atoms with E-state index in [-0.39, 0.29) is 6.42 Å². The molecule has 0 amide bonds. The maximum Gasteiger partial charge on any atom is 0.330 e. The van der Waals surface area contributed by atoms with E-state index in [1.165, 1.54) is 16.8 Å². The van der Waals surface area contributed by atoms with Gasteiger partial charge in [0.2, 0.25) is 0 Å². The first-order valence-electron chi connectivity index (χ1n) is 8.66. The molecule has 0 aliphatic carbocycles. The van der Waals surface area contributed by atoms with Gasteiger partial charge in [-0.25, -0.2) is 4.79 Å². The highest BCUT2D eigenvalue weighted by molar-refractivity contribution is 5.76. The van der Waals surface area contributed by atoms with Gasteiger partial charge in [-0.15, -0.1) is 0 Å². The molecule has 3 rings (SSSR count). The van der Waals surface area contributed by atoms with Crippen molar-refractivity contribution in [3.63, 3.8) is 0 Å². The van der Waals surface area contributed by atoms with Gasteiger partial charge in [-0.1, -0.05) is 60.7 Å². The molecule has 27 heavy (non-hydrogen) atoms. The number of pyridine rings is 1. The van der Waals surface area contributed by atoms with E-state index in [0.29, 0.717) is 12.4 Å². The lowest BCUT2D eigenvalue weighted by atomic mass is 9.92. The predicted octanol–water partition coefficient (Wildman–Crippen LogP) is 3.47. The summed E-state index contributed by atoms with van der Waals surface area (Å²) in [5, 5.41) is 9.80. The van der Waals surface area contributed by atoms with Gasteiger partial charge in [-0.2, -0.15) is 0 Å². The van der Waals surface area contributed by atoms with Gasteiger partial charge < -0.3 is 9.84 Å². The third-order valence-electron chi connectivity index (χ3n) is 4.52. The minimum Gasteiger partial charge on any atom is -0.489 e. The van der Waals surface area contributed by atoms with Gasteiger partial charge >= 0.3 is 5.97 Å². The molecule has 2 aromatic carbocycles. The first-order valence-corrected chi connectivity index (χ1v) is 8.66. The van der Waals surface area contributed by atoms with Crippen LogP contribution in [0.3, 0.4) is 0 Å². The molecule has 0 spiro atoms. The molecular formula is C22H21NO4. The van der Waals surface area contributed by atoms with Crippen LogP contribution in [-0.2, 0) is 23.4 Å². The Morgan fingerprint density at radius 2 is 1.59 bits per heavy atom. The van der Waals surface area contributed by atoms with Gasteiger partial charge in [0.1, 0.15) is 17.9 Å². The number of carbonyl (C=O) groups is 1. The maximum atomic E-state index is 12.6. The smallest absolute Gasteiger partial charge is 0.330 e. The van der Waals surface area contributed by atoms with Crippen LogP contribution in [0, 0.1) is 0 Å². The van der Waals surface area contributed by atoms with Crippen LogP contribution in [0.4, 0.5) is 0 Å². The lowest BCUT2D eigenvalue weighted by Crippen LogP contribution is -2.46. The van der Waals surface area contributed by atoms with Crippen LogP contribution in [0.25, 0.3) is 0 Å². The molecule has 0 aliphatic rings. The van der Waals surface area contributed by atoms with E-state index in [1.807, 2.05) is 60.7 Å². The van der Waals surface area contributed by atoms with Crippen LogP contribution in [0.2, 0.25) is 0 Å². The SMILES string of the molecule is C[C@](Cc1ccccc1)(C(=O)O)n1ccc(OCc2ccccc2)cc1=O. The molecule has 5 heteroatoms. The summed E-state index contributed by atoms with van der Waals surface area (Å²) in [6, 6.07) is 21.8. The molecule has 0 fully saturated rings. The zero-order chi connectivity index (χ0) is 19.3. The van der Waals surface area contributed by atoms with Crippen molar-refractivity contribution in [1.82, 2.24) is 4.57 Å². The second-order valence-corrected chi connectivity index (χ2v) is 6.59. The Kier molecular flexibility index (Phi) is 5.41. The number of hydrogen-bond donors (Lipinski definition) is 1. The van der Waals surface area contributed by atoms with Gasteiger partial charge in [-0.05, 0) is 24.1 Å². The fourth-order valence-corrected chi connectivity index (χ4v) is 2.96. The van der Waals surface area contributed by atoms with Crippen LogP contribution in [0.1, 0.15) is 18.1 Å². The van der Waals surface area contributed by atoms with E-state index in [1.54, 1.807) is 13.0 Å². The molecule has 3 aromatic rings. The van der Waals surface area contributed by atoms with Crippen molar-refractivity contribution >= 4 is 5.97 Å². The highest BCUT2D eigenvalue weighted by Gasteiger charge is 2.36. The molecule has 0 unspecified atom stereocenters. The van der Waals surface area contributed by atoms with Crippen molar-refractivity contribution in [3.05, 3.63) is 100 Å². The van der Waals surface area contributed by atoms with E-state index >= 15 is 0 Å². The molecule has 5 nitrogen and oxygen atoms in total. The first-order chi connectivity index (χ1) is 13.0. The minimum absolute atomic E-state index is 0.202. The molecule has 138 valence electrons. The van der Waals surface area contributed by atoms with Gasteiger partial charge in [0.25, 0.3) is 5.56 Å². The normalized spacial score (nSPS) is 12.9. The molecule has 0 radical (unpaired) electrons. The zero-order valence-corrected chi connectivity index (χ0v) is 15.0. The van der Waals surface area contributed by atoms with Crippen molar-refractivity contribution in [2.45, 2.75) is 25.5 Å². The maximum absolute atomic E-state index is 12.6. The lowest BCUT2D eigenvalue weighted by Gasteiger charge is -2.27. The predicted molar refractivity (Wildman–Crippen MR) is 103 cm³/mol. The molecule has 0 saturated heterocycles. The molecule has 1 atom stereocenters. The topological polar surface area (TPSA) is 68.5 Å². The van der Waals surface area contributed by atoms with Crippen LogP contribution in [0.15, 0.2) is 83.8 Å². The fraction of sp³-hybridized carbons (Fsp3) is 0.182. The Morgan fingerprint density at radius 1 is 1.00 bits per heavy atom. The van der Waals surface area contributed by atoms with Gasteiger partial charge in [0.05, 0.1) is 0 Å². The van der Waals surface area contributed by atoms with E-state index in [9.17, 15) is 14.7 Å². The third kappa shape index (κ3) is 4.26. The van der Waals surface area contributed by atoms with Crippen molar-refractivity contribution in [1.29, 1.82) is 0 Å². The number of ether oxygens (including phenoxy) is 1. The monoisotopic (exact) mass is 363 g/mol. The van der Waals surface area contributed by atoms with Crippen LogP contribution < -0.4 is 10.3 Å². The summed E-state index contributed by atoms with van der Waals surface area (Å²) in [5.74, 6) is -0.654. The molecule has 0 saturated carbocycles. The number of carboxylic acid groups (broad SMARTS) is 1. The molecule has 1 aromatic heterocycles. The molecule has 0 bridgehead atoms. The summed E-state index contributed by atoms with van der Waals surface area (Å²) in [6.45, 7) is 1.89. The lowest BCUT2D eigenvalue weighted by molar-refractivity contribution is -0.146. The summed E-state index contributed by atoms with van der Waals surface area (Å²) in [4.78, 5) is 24.6. The molecule has 1 heterocycles. The van der Waals surface area contributed by atoms with Gasteiger partial charge in [-0.3, -0.25) is 9.36 Å². The van der Waals surface area contributed by atoms with E-state index in [2.05, 4.69) is 0 Å². The average molecular weight is 363 g/mol. The first kappa shape index (κ1) is 18.5. The quantitative estimate of drug-likeness (QED) is 0.698. The second-order valence-electron chi connectivity index (χ2n) is 6.59. The van der Waals surface area contributed by atoms with E-state index in [0.717, 1.165) is 11.1 Å². The average Bonchev–Trinajstić information content (AvgIpc) is 2.68. The second kappa shape index (κ2) is 7.91. The summed E-state index contributed by atoms with van der Waals surface area (Å²) >= 11 is 0. The largest absolute Gasteiger partial charge is 0.489 e. The molecular weight excluding hydrogens is 342 g/mol. The van der Waals surface area contributed by atoms with Gasteiger partial charge in [0.15, 0.2) is 0 Å². The number of hydrogen-bond acceptors (Lipinski definition) is 3. The Morgan fingerprint density at radius 3 is 2.15 bits per heavy atom. The fourth-order valence-electron chi connectivity index (χ4n) is 2.96. The molecule has 1 N–H and O–H groups in total. The van der Waals surface area contributed by atoms with E-state index < -0.39 is 17.1 Å². The zero-order valence-electron chi connectivity index (χ0n) is 15.0. The summed E-state index contributed by atoms with van der Waals surface area (Å²) < 4.78 is 6.91. The molecule has 0 aliphatic heterocycles. The number of aliphatic carboxylic acids is 1. The van der Waals surface area contributed by atoms with Crippen molar-refractivity contribution in [2.24, 2.45) is 0 Å². The number of rotatable bonds is 7. The Labute approximate surface area is 157 Å². The minimum atomic E-state index is -1.39. The standard InChI is InChI=1S/C22H21NO4/c1-22(21(25)26,15-17-8-4-2-5-9-17)23-13-12-19(14-20(23)24)27-16-18-10-6-3-7-11-18/h2-14H,15-16H2,1H3,(H,25,26)/t22-/m0/s1. The van der Waals surface area contributed by atoms with Crippen LogP contribution >= 0.6 is 0 Å². The highest BCUT2D eigenvalue weighted by atomic mass is 16.5. The number of carboxylic acids is 1. The van der Waals surface area contributed by atoms with Crippen molar-refractivity contribution in [3.8, 4) is 5.75 Å². The highest BCUT2D eigenvalue weighted by Crippen LogP contribution is 2.22. The number of nitrogens with zero attached hydrogens (tertiary/aromatic N) is 1. The van der Waals surface area contributed by atoms with Crippen molar-refractivity contribution < 1.29 is 14.6 Å². The Bertz CT molecular complexity index is 966. The van der Waals surface area contributed by atoms with Crippen LogP contribution in [0.5, 0.6) is 5.75 Å².